The molecule has 33 heavy (non-hydrogen) atoms. The maximum atomic E-state index is 12.9. The Morgan fingerprint density at radius 1 is 1.15 bits per heavy atom. The fourth-order valence-electron chi connectivity index (χ4n) is 5.59. The van der Waals surface area contributed by atoms with Gasteiger partial charge in [0.05, 0.1) is 18.4 Å². The molecule has 3 N–H and O–H groups in total. The summed E-state index contributed by atoms with van der Waals surface area (Å²) in [7, 11) is 0. The Labute approximate surface area is 195 Å². The molecule has 1 aromatic rings. The summed E-state index contributed by atoms with van der Waals surface area (Å²) in [6.07, 6.45) is 13.6. The van der Waals surface area contributed by atoms with Gasteiger partial charge in [0, 0.05) is 31.8 Å². The lowest BCUT2D eigenvalue weighted by Gasteiger charge is -2.47. The van der Waals surface area contributed by atoms with Gasteiger partial charge in [0.15, 0.2) is 5.78 Å². The molecule has 8 nitrogen and oxygen atoms in total. The van der Waals surface area contributed by atoms with Crippen LogP contribution in [0.4, 0.5) is 5.69 Å². The van der Waals surface area contributed by atoms with Crippen molar-refractivity contribution in [2.75, 3.05) is 25.0 Å². The van der Waals surface area contributed by atoms with Crippen LogP contribution in [0, 0.1) is 16.7 Å². The first kappa shape index (κ1) is 23.4. The number of amides is 2. The van der Waals surface area contributed by atoms with Gasteiger partial charge in [-0.25, -0.2) is 0 Å². The van der Waals surface area contributed by atoms with E-state index in [1.807, 2.05) is 0 Å². The van der Waals surface area contributed by atoms with Gasteiger partial charge in [0.25, 0.3) is 0 Å². The van der Waals surface area contributed by atoms with Gasteiger partial charge in [-0.1, -0.05) is 6.42 Å². The number of rotatable bonds is 8. The number of nitrogens with one attached hydrogen (secondary N) is 3. The lowest BCUT2D eigenvalue weighted by atomic mass is 9.59. The Morgan fingerprint density at radius 2 is 1.91 bits per heavy atom. The summed E-state index contributed by atoms with van der Waals surface area (Å²) < 4.78 is 0. The molecule has 3 aliphatic rings. The van der Waals surface area contributed by atoms with Crippen LogP contribution in [0.25, 0.3) is 0 Å². The third-order valence-electron chi connectivity index (χ3n) is 7.89. The summed E-state index contributed by atoms with van der Waals surface area (Å²) in [4.78, 5) is 43.1. The fraction of sp³-hybridized carbons (Fsp3) is 0.640. The van der Waals surface area contributed by atoms with Crippen LogP contribution in [0.15, 0.2) is 18.5 Å². The van der Waals surface area contributed by atoms with Crippen LogP contribution in [0.5, 0.6) is 0 Å². The summed E-state index contributed by atoms with van der Waals surface area (Å²) in [5.41, 5.74) is 1.38. The number of nitrogens with zero attached hydrogens (tertiary/aromatic N) is 2. The number of carbonyl (C=O) groups is 3. The standard InChI is InChI=1S/C25H35N5O3/c1-17(31)23(26)19-7-12-27-15-20(19)28-16-22(32)30-13-2-4-21(30)24(33)29-14-18-5-10-25(11-6-18)8-3-9-25/h7,12,15,18,21,26,28H,2-6,8-11,13-14,16H2,1H3,(H,29,33)/t21-/m0/s1. The van der Waals surface area contributed by atoms with Gasteiger partial charge < -0.3 is 15.5 Å². The molecule has 2 saturated carbocycles. The molecule has 4 rings (SSSR count). The predicted molar refractivity (Wildman–Crippen MR) is 126 cm³/mol. The molecule has 2 aliphatic carbocycles. The molecule has 1 saturated heterocycles. The average molecular weight is 454 g/mol. The highest BCUT2D eigenvalue weighted by Crippen LogP contribution is 2.52. The van der Waals surface area contributed by atoms with Crippen LogP contribution < -0.4 is 10.6 Å². The second-order valence-electron chi connectivity index (χ2n) is 9.99. The minimum atomic E-state index is -0.426. The first-order chi connectivity index (χ1) is 15.9. The lowest BCUT2D eigenvalue weighted by Crippen LogP contribution is -2.48. The highest BCUT2D eigenvalue weighted by Gasteiger charge is 2.40. The van der Waals surface area contributed by atoms with E-state index in [4.69, 9.17) is 5.41 Å². The Hall–Kier alpha value is -2.77. The molecule has 0 radical (unpaired) electrons. The van der Waals surface area contributed by atoms with Crippen LogP contribution in [0.3, 0.4) is 0 Å². The van der Waals surface area contributed by atoms with E-state index in [9.17, 15) is 14.4 Å². The van der Waals surface area contributed by atoms with E-state index < -0.39 is 6.04 Å². The normalized spacial score (nSPS) is 22.0. The van der Waals surface area contributed by atoms with Crippen LogP contribution in [0.1, 0.15) is 70.3 Å². The van der Waals surface area contributed by atoms with Crippen LogP contribution in [-0.4, -0.2) is 58.9 Å². The topological polar surface area (TPSA) is 115 Å². The summed E-state index contributed by atoms with van der Waals surface area (Å²) in [5.74, 6) is -0.0210. The second kappa shape index (κ2) is 10.0. The summed E-state index contributed by atoms with van der Waals surface area (Å²) >= 11 is 0. The summed E-state index contributed by atoms with van der Waals surface area (Å²) in [6, 6.07) is 1.16. The monoisotopic (exact) mass is 453 g/mol. The third kappa shape index (κ3) is 5.25. The number of likely N-dealkylation sites (tertiary alicyclic amines) is 1. The van der Waals surface area contributed by atoms with E-state index in [0.717, 1.165) is 6.42 Å². The molecule has 0 bridgehead atoms. The van der Waals surface area contributed by atoms with Gasteiger partial charge in [-0.15, -0.1) is 0 Å². The van der Waals surface area contributed by atoms with Crippen molar-refractivity contribution in [3.63, 3.8) is 0 Å². The molecule has 0 aromatic carbocycles. The van der Waals surface area contributed by atoms with Gasteiger partial charge in [-0.3, -0.25) is 24.8 Å². The Balaban J connectivity index is 1.27. The van der Waals surface area contributed by atoms with E-state index in [1.165, 1.54) is 64.3 Å². The van der Waals surface area contributed by atoms with E-state index in [0.29, 0.717) is 42.1 Å². The molecule has 1 atom stereocenters. The largest absolute Gasteiger partial charge is 0.374 e. The zero-order chi connectivity index (χ0) is 23.4. The van der Waals surface area contributed by atoms with Crippen LogP contribution in [0.2, 0.25) is 0 Å². The zero-order valence-corrected chi connectivity index (χ0v) is 19.5. The van der Waals surface area contributed by atoms with Crippen molar-refractivity contribution in [3.05, 3.63) is 24.0 Å². The highest BCUT2D eigenvalue weighted by atomic mass is 16.2. The van der Waals surface area contributed by atoms with E-state index in [2.05, 4.69) is 15.6 Å². The number of aromatic nitrogens is 1. The fourth-order valence-corrected chi connectivity index (χ4v) is 5.59. The molecule has 8 heteroatoms. The third-order valence-corrected chi connectivity index (χ3v) is 7.89. The van der Waals surface area contributed by atoms with Gasteiger partial charge in [0.1, 0.15) is 11.8 Å². The molecule has 3 fully saturated rings. The SMILES string of the molecule is CC(=O)C(=N)c1ccncc1NCC(=O)N1CCC[C@H]1C(=O)NCC1CCC2(CCC2)CC1. The van der Waals surface area contributed by atoms with Crippen molar-refractivity contribution >= 4 is 29.0 Å². The number of ketones is 1. The number of Topliss-reactive ketones (excluding diaryl/α,β-unsaturated/α-hetero) is 1. The molecule has 178 valence electrons. The highest BCUT2D eigenvalue weighted by molar-refractivity contribution is 6.45. The number of pyridine rings is 1. The first-order valence-corrected chi connectivity index (χ1v) is 12.2. The smallest absolute Gasteiger partial charge is 0.242 e. The maximum Gasteiger partial charge on any atom is 0.242 e. The Morgan fingerprint density at radius 3 is 2.58 bits per heavy atom. The van der Waals surface area contributed by atoms with Crippen molar-refractivity contribution in [1.29, 1.82) is 5.41 Å². The van der Waals surface area contributed by atoms with Gasteiger partial charge in [0.2, 0.25) is 11.8 Å². The maximum absolute atomic E-state index is 12.9. The zero-order valence-electron chi connectivity index (χ0n) is 19.5. The Bertz CT molecular complexity index is 916. The molecular weight excluding hydrogens is 418 g/mol. The molecule has 0 unspecified atom stereocenters. The van der Waals surface area contributed by atoms with Crippen LogP contribution >= 0.6 is 0 Å². The molecule has 2 amide bonds. The molecule has 1 spiro atoms. The summed E-state index contributed by atoms with van der Waals surface area (Å²) in [6.45, 7) is 2.59. The van der Waals surface area contributed by atoms with E-state index in [1.54, 1.807) is 11.0 Å². The first-order valence-electron chi connectivity index (χ1n) is 12.2. The van der Waals surface area contributed by atoms with Crippen molar-refractivity contribution < 1.29 is 14.4 Å². The molecule has 1 aromatic heterocycles. The number of hydrogen-bond donors (Lipinski definition) is 3. The van der Waals surface area contributed by atoms with Crippen molar-refractivity contribution in [3.8, 4) is 0 Å². The van der Waals surface area contributed by atoms with Gasteiger partial charge >= 0.3 is 0 Å². The van der Waals surface area contributed by atoms with Gasteiger partial charge in [-0.05, 0) is 68.8 Å². The minimum Gasteiger partial charge on any atom is -0.374 e. The van der Waals surface area contributed by atoms with Crippen molar-refractivity contribution in [2.24, 2.45) is 11.3 Å². The summed E-state index contributed by atoms with van der Waals surface area (Å²) in [5, 5.41) is 14.1. The van der Waals surface area contributed by atoms with Crippen molar-refractivity contribution in [1.82, 2.24) is 15.2 Å². The van der Waals surface area contributed by atoms with Crippen molar-refractivity contribution in [2.45, 2.75) is 70.8 Å². The molecule has 1 aliphatic heterocycles. The van der Waals surface area contributed by atoms with E-state index in [-0.39, 0.29) is 29.9 Å². The number of carbonyl (C=O) groups excluding carboxylic acids is 3. The Kier molecular flexibility index (Phi) is 7.10. The van der Waals surface area contributed by atoms with E-state index >= 15 is 0 Å². The quantitative estimate of drug-likeness (QED) is 0.524. The minimum absolute atomic E-state index is 0.0155. The second-order valence-corrected chi connectivity index (χ2v) is 9.99. The lowest BCUT2D eigenvalue weighted by molar-refractivity contribution is -0.137. The molecule has 2 heterocycles. The number of anilines is 1. The van der Waals surface area contributed by atoms with Crippen LogP contribution in [-0.2, 0) is 14.4 Å². The average Bonchev–Trinajstić information content (AvgIpc) is 3.30. The van der Waals surface area contributed by atoms with Gasteiger partial charge in [-0.2, -0.15) is 0 Å². The number of hydrogen-bond acceptors (Lipinski definition) is 6. The molecular formula is C25H35N5O3. The predicted octanol–water partition coefficient (Wildman–Crippen LogP) is 2.92.